The van der Waals surface area contributed by atoms with Gasteiger partial charge in [-0.3, -0.25) is 14.5 Å². The smallest absolute Gasteiger partial charge is 0.414 e. The standard InChI is InChI=1S/C18H19N3O4/c1-12(22)19-10-16-11-21(18(24)25-16)15-5-3-13(4-6-15)14-7-8-20(2)17(23)9-14/h3-9,16H,10-11H2,1-2H3,(H,19,22). The van der Waals surface area contributed by atoms with Crippen LogP contribution >= 0.6 is 0 Å². The fraction of sp³-hybridized carbons (Fsp3) is 0.278. The Labute approximate surface area is 144 Å². The third-order valence-electron chi connectivity index (χ3n) is 4.07. The molecule has 25 heavy (non-hydrogen) atoms. The van der Waals surface area contributed by atoms with E-state index in [1.54, 1.807) is 19.3 Å². The van der Waals surface area contributed by atoms with Crippen molar-refractivity contribution in [3.05, 3.63) is 52.9 Å². The van der Waals surface area contributed by atoms with Crippen LogP contribution in [0.2, 0.25) is 0 Å². The van der Waals surface area contributed by atoms with Gasteiger partial charge in [0.15, 0.2) is 0 Å². The Morgan fingerprint density at radius 2 is 1.92 bits per heavy atom. The number of ether oxygens (including phenoxy) is 1. The zero-order valence-corrected chi connectivity index (χ0v) is 14.1. The minimum Gasteiger partial charge on any atom is -0.442 e. The molecule has 7 heteroatoms. The van der Waals surface area contributed by atoms with E-state index in [0.717, 1.165) is 11.1 Å². The summed E-state index contributed by atoms with van der Waals surface area (Å²) in [6.45, 7) is 2.09. The molecule has 1 unspecified atom stereocenters. The molecule has 1 saturated heterocycles. The van der Waals surface area contributed by atoms with E-state index in [0.29, 0.717) is 18.8 Å². The zero-order valence-electron chi connectivity index (χ0n) is 14.1. The monoisotopic (exact) mass is 341 g/mol. The van der Waals surface area contributed by atoms with Gasteiger partial charge in [0.2, 0.25) is 5.91 Å². The largest absolute Gasteiger partial charge is 0.442 e. The normalized spacial score (nSPS) is 16.6. The molecule has 2 amide bonds. The predicted molar refractivity (Wildman–Crippen MR) is 93.4 cm³/mol. The van der Waals surface area contributed by atoms with Crippen molar-refractivity contribution in [2.45, 2.75) is 13.0 Å². The Morgan fingerprint density at radius 3 is 2.56 bits per heavy atom. The lowest BCUT2D eigenvalue weighted by molar-refractivity contribution is -0.119. The summed E-state index contributed by atoms with van der Waals surface area (Å²) in [6.07, 6.45) is 0.917. The van der Waals surface area contributed by atoms with Crippen LogP contribution in [0.3, 0.4) is 0 Å². The van der Waals surface area contributed by atoms with Gasteiger partial charge in [0.25, 0.3) is 5.56 Å². The number of carbonyl (C=O) groups is 2. The van der Waals surface area contributed by atoms with Crippen molar-refractivity contribution in [1.29, 1.82) is 0 Å². The van der Waals surface area contributed by atoms with E-state index in [-0.39, 0.29) is 17.6 Å². The third-order valence-corrected chi connectivity index (χ3v) is 4.07. The molecule has 1 aliphatic heterocycles. The van der Waals surface area contributed by atoms with Crippen molar-refractivity contribution in [2.75, 3.05) is 18.0 Å². The van der Waals surface area contributed by atoms with Crippen LogP contribution in [0.1, 0.15) is 6.92 Å². The maximum absolute atomic E-state index is 12.0. The van der Waals surface area contributed by atoms with Gasteiger partial charge in [-0.25, -0.2) is 4.79 Å². The molecule has 1 N–H and O–H groups in total. The highest BCUT2D eigenvalue weighted by molar-refractivity contribution is 5.90. The van der Waals surface area contributed by atoms with Crippen molar-refractivity contribution in [3.63, 3.8) is 0 Å². The second kappa shape index (κ2) is 6.80. The summed E-state index contributed by atoms with van der Waals surface area (Å²) in [5.74, 6) is -0.159. The molecule has 1 aliphatic rings. The van der Waals surface area contributed by atoms with Crippen LogP contribution in [0.15, 0.2) is 47.4 Å². The van der Waals surface area contributed by atoms with Gasteiger partial charge in [0, 0.05) is 31.9 Å². The molecule has 7 nitrogen and oxygen atoms in total. The molecule has 1 fully saturated rings. The van der Waals surface area contributed by atoms with E-state index in [2.05, 4.69) is 5.32 Å². The number of anilines is 1. The van der Waals surface area contributed by atoms with Gasteiger partial charge < -0.3 is 14.6 Å². The molecule has 0 bridgehead atoms. The second-order valence-corrected chi connectivity index (χ2v) is 5.96. The van der Waals surface area contributed by atoms with E-state index >= 15 is 0 Å². The maximum Gasteiger partial charge on any atom is 0.414 e. The Morgan fingerprint density at radius 1 is 1.20 bits per heavy atom. The number of rotatable bonds is 4. The Hall–Kier alpha value is -3.09. The summed E-state index contributed by atoms with van der Waals surface area (Å²) in [4.78, 5) is 36.2. The summed E-state index contributed by atoms with van der Waals surface area (Å²) < 4.78 is 6.76. The van der Waals surface area contributed by atoms with Gasteiger partial charge in [-0.05, 0) is 29.3 Å². The summed E-state index contributed by atoms with van der Waals surface area (Å²) >= 11 is 0. The van der Waals surface area contributed by atoms with Crippen molar-refractivity contribution in [3.8, 4) is 11.1 Å². The Bertz CT molecular complexity index is 857. The van der Waals surface area contributed by atoms with Gasteiger partial charge in [-0.15, -0.1) is 0 Å². The van der Waals surface area contributed by atoms with E-state index < -0.39 is 6.09 Å². The van der Waals surface area contributed by atoms with E-state index in [4.69, 9.17) is 4.74 Å². The van der Waals surface area contributed by atoms with Crippen molar-refractivity contribution >= 4 is 17.7 Å². The predicted octanol–water partition coefficient (Wildman–Crippen LogP) is 1.51. The van der Waals surface area contributed by atoms with Gasteiger partial charge in [-0.2, -0.15) is 0 Å². The third kappa shape index (κ3) is 3.71. The molecule has 0 aliphatic carbocycles. The first-order chi connectivity index (χ1) is 11.9. The van der Waals surface area contributed by atoms with E-state index in [9.17, 15) is 14.4 Å². The number of aromatic nitrogens is 1. The maximum atomic E-state index is 12.0. The summed E-state index contributed by atoms with van der Waals surface area (Å²) in [5.41, 5.74) is 2.35. The van der Waals surface area contributed by atoms with Crippen molar-refractivity contribution in [1.82, 2.24) is 9.88 Å². The molecule has 2 heterocycles. The molecule has 130 valence electrons. The van der Waals surface area contributed by atoms with E-state index in [1.165, 1.54) is 16.4 Å². The van der Waals surface area contributed by atoms with Crippen molar-refractivity contribution < 1.29 is 14.3 Å². The second-order valence-electron chi connectivity index (χ2n) is 5.96. The number of hydrogen-bond donors (Lipinski definition) is 1. The van der Waals surface area contributed by atoms with Crippen molar-refractivity contribution in [2.24, 2.45) is 7.05 Å². The first-order valence-corrected chi connectivity index (χ1v) is 7.94. The fourth-order valence-corrected chi connectivity index (χ4v) is 2.66. The number of benzene rings is 1. The van der Waals surface area contributed by atoms with Gasteiger partial charge >= 0.3 is 6.09 Å². The lowest BCUT2D eigenvalue weighted by Crippen LogP contribution is -2.33. The van der Waals surface area contributed by atoms with Crippen LogP contribution < -0.4 is 15.8 Å². The highest BCUT2D eigenvalue weighted by atomic mass is 16.6. The van der Waals surface area contributed by atoms with Crippen LogP contribution in [-0.2, 0) is 16.6 Å². The molecule has 0 spiro atoms. The molecule has 2 aromatic rings. The lowest BCUT2D eigenvalue weighted by atomic mass is 10.1. The topological polar surface area (TPSA) is 80.6 Å². The van der Waals surface area contributed by atoms with Crippen LogP contribution in [0.4, 0.5) is 10.5 Å². The minimum atomic E-state index is -0.434. The number of cyclic esters (lactones) is 1. The minimum absolute atomic E-state index is 0.0782. The Kier molecular flexibility index (Phi) is 4.56. The quantitative estimate of drug-likeness (QED) is 0.914. The fourth-order valence-electron chi connectivity index (χ4n) is 2.66. The van der Waals surface area contributed by atoms with Gasteiger partial charge in [-0.1, -0.05) is 12.1 Å². The first kappa shape index (κ1) is 16.8. The number of aryl methyl sites for hydroxylation is 1. The average Bonchev–Trinajstić information content (AvgIpc) is 2.96. The SMILES string of the molecule is CC(=O)NCC1CN(c2ccc(-c3ccn(C)c(=O)c3)cc2)C(=O)O1. The first-order valence-electron chi connectivity index (χ1n) is 7.94. The Balaban J connectivity index is 1.74. The van der Waals surface area contributed by atoms with Crippen LogP contribution in [0.5, 0.6) is 0 Å². The average molecular weight is 341 g/mol. The van der Waals surface area contributed by atoms with E-state index in [1.807, 2.05) is 30.3 Å². The van der Waals surface area contributed by atoms with Gasteiger partial charge in [0.05, 0.1) is 13.1 Å². The molecule has 1 aromatic heterocycles. The number of pyridine rings is 1. The van der Waals surface area contributed by atoms with Crippen LogP contribution in [0.25, 0.3) is 11.1 Å². The summed E-state index contributed by atoms with van der Waals surface area (Å²) in [6, 6.07) is 10.8. The molecule has 1 aromatic carbocycles. The molecule has 0 radical (unpaired) electrons. The number of carbonyl (C=O) groups excluding carboxylic acids is 2. The van der Waals surface area contributed by atoms with Crippen LogP contribution in [0, 0.1) is 0 Å². The lowest BCUT2D eigenvalue weighted by Gasteiger charge is -2.14. The highest BCUT2D eigenvalue weighted by Gasteiger charge is 2.32. The molecule has 0 saturated carbocycles. The number of nitrogens with zero attached hydrogens (tertiary/aromatic N) is 2. The zero-order chi connectivity index (χ0) is 18.0. The number of nitrogens with one attached hydrogen (secondary N) is 1. The van der Waals surface area contributed by atoms with Crippen LogP contribution in [-0.4, -0.2) is 35.8 Å². The highest BCUT2D eigenvalue weighted by Crippen LogP contribution is 2.25. The molecule has 3 rings (SSSR count). The molecule has 1 atom stereocenters. The van der Waals surface area contributed by atoms with Gasteiger partial charge in [0.1, 0.15) is 6.10 Å². The molecular formula is C18H19N3O4. The molecular weight excluding hydrogens is 322 g/mol. The summed E-state index contributed by atoms with van der Waals surface area (Å²) in [7, 11) is 1.70. The number of amides is 2. The summed E-state index contributed by atoms with van der Waals surface area (Å²) in [5, 5.41) is 2.65. The number of hydrogen-bond acceptors (Lipinski definition) is 4.